The van der Waals surface area contributed by atoms with Gasteiger partial charge in [0.1, 0.15) is 5.82 Å². The number of ether oxygens (including phenoxy) is 4. The first-order chi connectivity index (χ1) is 16.2. The SMILES string of the molecule is COc1cc(/C=C\c2cc(O)c(OC)c(NS(=O)(=O)c3ccc(F)cc3)c2)cc(OC)c1OC. The first kappa shape index (κ1) is 24.7. The zero-order valence-corrected chi connectivity index (χ0v) is 19.8. The van der Waals surface area contributed by atoms with Gasteiger partial charge in [-0.25, -0.2) is 12.8 Å². The van der Waals surface area contributed by atoms with Gasteiger partial charge in [-0.15, -0.1) is 0 Å². The predicted octanol–water partition coefficient (Wildman–Crippen LogP) is 4.54. The molecule has 0 spiro atoms. The highest BCUT2D eigenvalue weighted by atomic mass is 32.2. The van der Waals surface area contributed by atoms with Crippen LogP contribution >= 0.6 is 0 Å². The van der Waals surface area contributed by atoms with E-state index in [-0.39, 0.29) is 22.1 Å². The van der Waals surface area contributed by atoms with Crippen LogP contribution in [0.1, 0.15) is 11.1 Å². The molecule has 0 saturated heterocycles. The molecule has 180 valence electrons. The van der Waals surface area contributed by atoms with Crippen LogP contribution in [0.2, 0.25) is 0 Å². The topological polar surface area (TPSA) is 103 Å². The molecule has 10 heteroatoms. The number of aromatic hydroxyl groups is 1. The quantitative estimate of drug-likeness (QED) is 0.426. The first-order valence-corrected chi connectivity index (χ1v) is 11.4. The van der Waals surface area contributed by atoms with Gasteiger partial charge >= 0.3 is 0 Å². The maximum absolute atomic E-state index is 13.2. The number of rotatable bonds is 9. The standard InChI is InChI=1S/C24H24FNO7S/c1-30-21-13-16(14-22(31-2)24(21)33-4)6-5-15-11-19(23(32-3)20(27)12-15)26-34(28,29)18-9-7-17(25)8-10-18/h5-14,26-27H,1-4H3/b6-5-. The number of sulfonamides is 1. The minimum atomic E-state index is -4.07. The summed E-state index contributed by atoms with van der Waals surface area (Å²) in [4.78, 5) is -0.145. The number of benzene rings is 3. The third-order valence-corrected chi connectivity index (χ3v) is 6.20. The predicted molar refractivity (Wildman–Crippen MR) is 127 cm³/mol. The van der Waals surface area contributed by atoms with Crippen molar-refractivity contribution in [3.8, 4) is 28.7 Å². The Labute approximate surface area is 197 Å². The Morgan fingerprint density at radius 1 is 0.794 bits per heavy atom. The molecule has 0 aromatic heterocycles. The normalized spacial score (nSPS) is 11.3. The molecule has 0 atom stereocenters. The Morgan fingerprint density at radius 2 is 1.32 bits per heavy atom. The molecule has 0 radical (unpaired) electrons. The molecule has 0 heterocycles. The summed E-state index contributed by atoms with van der Waals surface area (Å²) in [7, 11) is 1.75. The number of methoxy groups -OCH3 is 4. The Morgan fingerprint density at radius 3 is 1.82 bits per heavy atom. The molecule has 0 aliphatic rings. The third-order valence-electron chi connectivity index (χ3n) is 4.82. The number of phenolic OH excluding ortho intramolecular Hbond substituents is 1. The van der Waals surface area contributed by atoms with E-state index in [1.165, 1.54) is 40.6 Å². The molecular formula is C24H24FNO7S. The lowest BCUT2D eigenvalue weighted by Crippen LogP contribution is -2.13. The summed E-state index contributed by atoms with van der Waals surface area (Å²) >= 11 is 0. The highest BCUT2D eigenvalue weighted by Crippen LogP contribution is 2.40. The third kappa shape index (κ3) is 5.34. The van der Waals surface area contributed by atoms with Crippen molar-refractivity contribution in [1.82, 2.24) is 0 Å². The van der Waals surface area contributed by atoms with Crippen molar-refractivity contribution in [3.63, 3.8) is 0 Å². The van der Waals surface area contributed by atoms with Gasteiger partial charge in [-0.2, -0.15) is 0 Å². The molecule has 0 amide bonds. The molecule has 3 aromatic carbocycles. The lowest BCUT2D eigenvalue weighted by Gasteiger charge is -2.14. The minimum absolute atomic E-state index is 0.0105. The van der Waals surface area contributed by atoms with Crippen molar-refractivity contribution in [2.24, 2.45) is 0 Å². The maximum Gasteiger partial charge on any atom is 0.262 e. The smallest absolute Gasteiger partial charge is 0.262 e. The van der Waals surface area contributed by atoms with E-state index in [1.807, 2.05) is 0 Å². The van der Waals surface area contributed by atoms with Crippen LogP contribution in [0.5, 0.6) is 28.7 Å². The Balaban J connectivity index is 1.98. The van der Waals surface area contributed by atoms with Crippen molar-refractivity contribution in [2.75, 3.05) is 33.2 Å². The summed E-state index contributed by atoms with van der Waals surface area (Å²) in [6, 6.07) is 10.7. The lowest BCUT2D eigenvalue weighted by molar-refractivity contribution is 0.324. The first-order valence-electron chi connectivity index (χ1n) is 9.90. The fraction of sp³-hybridized carbons (Fsp3) is 0.167. The number of hydrogen-bond acceptors (Lipinski definition) is 7. The van der Waals surface area contributed by atoms with Crippen LogP contribution in [-0.4, -0.2) is 42.0 Å². The van der Waals surface area contributed by atoms with Crippen LogP contribution in [0.15, 0.2) is 53.4 Å². The molecule has 0 bridgehead atoms. The fourth-order valence-electron chi connectivity index (χ4n) is 3.23. The molecule has 3 aromatic rings. The van der Waals surface area contributed by atoms with Gasteiger partial charge in [-0.1, -0.05) is 12.2 Å². The van der Waals surface area contributed by atoms with Crippen molar-refractivity contribution in [3.05, 3.63) is 65.5 Å². The van der Waals surface area contributed by atoms with E-state index in [2.05, 4.69) is 4.72 Å². The van der Waals surface area contributed by atoms with E-state index in [0.29, 0.717) is 28.4 Å². The van der Waals surface area contributed by atoms with Gasteiger partial charge in [-0.3, -0.25) is 4.72 Å². The second-order valence-electron chi connectivity index (χ2n) is 6.97. The Bertz CT molecular complexity index is 1280. The van der Waals surface area contributed by atoms with Gasteiger partial charge in [0.05, 0.1) is 39.0 Å². The summed E-state index contributed by atoms with van der Waals surface area (Å²) in [5.74, 6) is 0.482. The van der Waals surface area contributed by atoms with E-state index < -0.39 is 15.8 Å². The summed E-state index contributed by atoms with van der Waals surface area (Å²) in [6.07, 6.45) is 3.39. The molecule has 0 unspecified atom stereocenters. The Kier molecular flexibility index (Phi) is 7.52. The monoisotopic (exact) mass is 489 g/mol. The van der Waals surface area contributed by atoms with E-state index in [4.69, 9.17) is 18.9 Å². The molecule has 3 rings (SSSR count). The highest BCUT2D eigenvalue weighted by molar-refractivity contribution is 7.92. The van der Waals surface area contributed by atoms with Gasteiger partial charge in [0.2, 0.25) is 5.75 Å². The van der Waals surface area contributed by atoms with Gasteiger partial charge < -0.3 is 24.1 Å². The number of nitrogens with one attached hydrogen (secondary N) is 1. The van der Waals surface area contributed by atoms with Crippen molar-refractivity contribution in [1.29, 1.82) is 0 Å². The molecule has 2 N–H and O–H groups in total. The summed E-state index contributed by atoms with van der Waals surface area (Å²) in [6.45, 7) is 0. The van der Waals surface area contributed by atoms with E-state index >= 15 is 0 Å². The van der Waals surface area contributed by atoms with Crippen LogP contribution in [-0.2, 0) is 10.0 Å². The maximum atomic E-state index is 13.2. The lowest BCUT2D eigenvalue weighted by atomic mass is 10.1. The largest absolute Gasteiger partial charge is 0.504 e. The number of phenols is 1. The van der Waals surface area contributed by atoms with Crippen molar-refractivity contribution in [2.45, 2.75) is 4.90 Å². The molecular weight excluding hydrogens is 465 g/mol. The van der Waals surface area contributed by atoms with E-state index in [1.54, 1.807) is 24.3 Å². The van der Waals surface area contributed by atoms with Crippen LogP contribution in [0.3, 0.4) is 0 Å². The average molecular weight is 490 g/mol. The van der Waals surface area contributed by atoms with Crippen LogP contribution in [0.25, 0.3) is 12.2 Å². The highest BCUT2D eigenvalue weighted by Gasteiger charge is 2.19. The zero-order chi connectivity index (χ0) is 24.9. The molecule has 0 saturated carbocycles. The Hall–Kier alpha value is -3.92. The van der Waals surface area contributed by atoms with Crippen molar-refractivity contribution < 1.29 is 36.9 Å². The summed E-state index contributed by atoms with van der Waals surface area (Å²) < 4.78 is 62.3. The van der Waals surface area contributed by atoms with Crippen LogP contribution < -0.4 is 23.7 Å². The number of hydrogen-bond donors (Lipinski definition) is 2. The van der Waals surface area contributed by atoms with Crippen molar-refractivity contribution >= 4 is 27.9 Å². The number of halogens is 1. The van der Waals surface area contributed by atoms with Gasteiger partial charge in [-0.05, 0) is 59.7 Å². The van der Waals surface area contributed by atoms with E-state index in [9.17, 15) is 17.9 Å². The molecule has 0 aliphatic carbocycles. The van der Waals surface area contributed by atoms with Gasteiger partial charge in [0, 0.05) is 0 Å². The van der Waals surface area contributed by atoms with Crippen LogP contribution in [0, 0.1) is 5.82 Å². The minimum Gasteiger partial charge on any atom is -0.504 e. The van der Waals surface area contributed by atoms with Crippen LogP contribution in [0.4, 0.5) is 10.1 Å². The second-order valence-corrected chi connectivity index (χ2v) is 8.65. The average Bonchev–Trinajstić information content (AvgIpc) is 2.81. The second kappa shape index (κ2) is 10.3. The van der Waals surface area contributed by atoms with Gasteiger partial charge in [0.25, 0.3) is 10.0 Å². The molecule has 34 heavy (non-hydrogen) atoms. The molecule has 8 nitrogen and oxygen atoms in total. The summed E-state index contributed by atoms with van der Waals surface area (Å²) in [5, 5.41) is 10.4. The number of anilines is 1. The van der Waals surface area contributed by atoms with E-state index in [0.717, 1.165) is 24.3 Å². The zero-order valence-electron chi connectivity index (χ0n) is 19.0. The molecule has 0 aliphatic heterocycles. The fourth-order valence-corrected chi connectivity index (χ4v) is 4.28. The summed E-state index contributed by atoms with van der Waals surface area (Å²) in [5.41, 5.74) is 1.19. The molecule has 0 fully saturated rings. The van der Waals surface area contributed by atoms with Gasteiger partial charge in [0.15, 0.2) is 23.0 Å².